The first-order valence-electron chi connectivity index (χ1n) is 4.93. The number of nitrogens with zero attached hydrogens (tertiary/aromatic N) is 1. The Hall–Kier alpha value is -2.15. The maximum atomic E-state index is 11.9. The molecule has 17 heavy (non-hydrogen) atoms. The van der Waals surface area contributed by atoms with Crippen molar-refractivity contribution in [1.29, 1.82) is 0 Å². The number of hydrogen-bond donors (Lipinski definition) is 3. The van der Waals surface area contributed by atoms with Crippen molar-refractivity contribution in [3.63, 3.8) is 0 Å². The Morgan fingerprint density at radius 2 is 2.18 bits per heavy atom. The van der Waals surface area contributed by atoms with Crippen LogP contribution in [-0.2, 0) is 0 Å². The van der Waals surface area contributed by atoms with Crippen molar-refractivity contribution >= 4 is 5.91 Å². The van der Waals surface area contributed by atoms with Crippen LogP contribution in [0.4, 0.5) is 0 Å². The summed E-state index contributed by atoms with van der Waals surface area (Å²) in [5.41, 5.74) is -1.52. The maximum absolute atomic E-state index is 11.9. The van der Waals surface area contributed by atoms with Crippen molar-refractivity contribution in [3.8, 4) is 0 Å². The van der Waals surface area contributed by atoms with Gasteiger partial charge in [-0.05, 0) is 0 Å². The minimum atomic E-state index is -0.747. The summed E-state index contributed by atoms with van der Waals surface area (Å²) in [5, 5.41) is 8.80. The first-order chi connectivity index (χ1) is 8.08. The average Bonchev–Trinajstić information content (AvgIpc) is 2.26. The molecule has 1 rings (SSSR count). The predicted molar refractivity (Wildman–Crippen MR) is 60.9 cm³/mol. The zero-order chi connectivity index (χ0) is 12.8. The SMILES string of the molecule is C=CCN(CCO)C(=O)c1cc(=O)[nH]c(=O)[nH]1. The largest absolute Gasteiger partial charge is 0.395 e. The lowest BCUT2D eigenvalue weighted by molar-refractivity contribution is 0.0736. The topological polar surface area (TPSA) is 106 Å². The molecule has 1 heterocycles. The zero-order valence-electron chi connectivity index (χ0n) is 9.10. The van der Waals surface area contributed by atoms with E-state index >= 15 is 0 Å². The van der Waals surface area contributed by atoms with Crippen molar-refractivity contribution < 1.29 is 9.90 Å². The Labute approximate surface area is 96.4 Å². The number of carbonyl (C=O) groups is 1. The van der Waals surface area contributed by atoms with Gasteiger partial charge in [-0.2, -0.15) is 0 Å². The Bertz CT molecular complexity index is 489. The number of H-pyrrole nitrogens is 2. The highest BCUT2D eigenvalue weighted by Crippen LogP contribution is 1.97. The normalized spacial score (nSPS) is 9.94. The highest BCUT2D eigenvalue weighted by Gasteiger charge is 2.15. The predicted octanol–water partition coefficient (Wildman–Crippen LogP) is -1.32. The van der Waals surface area contributed by atoms with Crippen molar-refractivity contribution in [1.82, 2.24) is 14.9 Å². The molecular weight excluding hydrogens is 226 g/mol. The van der Waals surface area contributed by atoms with Crippen LogP contribution in [0.2, 0.25) is 0 Å². The second-order valence-electron chi connectivity index (χ2n) is 3.26. The molecule has 1 aromatic heterocycles. The van der Waals surface area contributed by atoms with Crippen molar-refractivity contribution in [2.75, 3.05) is 19.7 Å². The Morgan fingerprint density at radius 1 is 1.47 bits per heavy atom. The molecule has 0 fully saturated rings. The van der Waals surface area contributed by atoms with Gasteiger partial charge in [0.05, 0.1) is 6.61 Å². The lowest BCUT2D eigenvalue weighted by Gasteiger charge is -2.19. The summed E-state index contributed by atoms with van der Waals surface area (Å²) in [6.45, 7) is 3.58. The third kappa shape index (κ3) is 3.42. The minimum absolute atomic E-state index is 0.0969. The Balaban J connectivity index is 3.04. The van der Waals surface area contributed by atoms with Gasteiger partial charge in [-0.15, -0.1) is 6.58 Å². The lowest BCUT2D eigenvalue weighted by atomic mass is 10.3. The summed E-state index contributed by atoms with van der Waals surface area (Å²) >= 11 is 0. The van der Waals surface area contributed by atoms with Crippen LogP contribution in [0.15, 0.2) is 28.3 Å². The maximum Gasteiger partial charge on any atom is 0.326 e. The summed E-state index contributed by atoms with van der Waals surface area (Å²) in [6.07, 6.45) is 1.48. The smallest absolute Gasteiger partial charge is 0.326 e. The molecule has 0 unspecified atom stereocenters. The van der Waals surface area contributed by atoms with E-state index in [2.05, 4.69) is 11.6 Å². The van der Waals surface area contributed by atoms with Crippen LogP contribution in [-0.4, -0.2) is 45.6 Å². The fraction of sp³-hybridized carbons (Fsp3) is 0.300. The van der Waals surface area contributed by atoms with E-state index in [0.717, 1.165) is 6.07 Å². The van der Waals surface area contributed by atoms with E-state index in [1.165, 1.54) is 11.0 Å². The summed E-state index contributed by atoms with van der Waals surface area (Å²) < 4.78 is 0. The second-order valence-corrected chi connectivity index (χ2v) is 3.26. The molecule has 3 N–H and O–H groups in total. The van der Waals surface area contributed by atoms with Crippen molar-refractivity contribution in [2.24, 2.45) is 0 Å². The number of amides is 1. The molecule has 7 heteroatoms. The molecular formula is C10H13N3O4. The molecule has 0 aliphatic carbocycles. The van der Waals surface area contributed by atoms with Crippen LogP contribution in [0, 0.1) is 0 Å². The fourth-order valence-electron chi connectivity index (χ4n) is 1.31. The second kappa shape index (κ2) is 5.80. The number of aromatic nitrogens is 2. The third-order valence-corrected chi connectivity index (χ3v) is 2.00. The van der Waals surface area contributed by atoms with Gasteiger partial charge in [0.25, 0.3) is 11.5 Å². The molecule has 0 aromatic carbocycles. The van der Waals surface area contributed by atoms with E-state index in [0.29, 0.717) is 0 Å². The lowest BCUT2D eigenvalue weighted by Crippen LogP contribution is -2.36. The number of rotatable bonds is 5. The number of aromatic amines is 2. The van der Waals surface area contributed by atoms with Crippen LogP contribution >= 0.6 is 0 Å². The number of aliphatic hydroxyl groups is 1. The first-order valence-corrected chi connectivity index (χ1v) is 4.93. The molecule has 0 radical (unpaired) electrons. The quantitative estimate of drug-likeness (QED) is 0.554. The van der Waals surface area contributed by atoms with Gasteiger partial charge in [0.15, 0.2) is 0 Å². The van der Waals surface area contributed by atoms with Crippen LogP contribution in [0.3, 0.4) is 0 Å². The third-order valence-electron chi connectivity index (χ3n) is 2.00. The molecule has 0 aliphatic rings. The van der Waals surface area contributed by atoms with E-state index in [1.54, 1.807) is 0 Å². The summed E-state index contributed by atoms with van der Waals surface area (Å²) in [4.78, 5) is 39.4. The number of nitrogens with one attached hydrogen (secondary N) is 2. The van der Waals surface area contributed by atoms with Gasteiger partial charge >= 0.3 is 5.69 Å². The van der Waals surface area contributed by atoms with Gasteiger partial charge in [0.2, 0.25) is 0 Å². The summed E-state index contributed by atoms with van der Waals surface area (Å²) in [6, 6.07) is 0.997. The number of aliphatic hydroxyl groups excluding tert-OH is 1. The highest BCUT2D eigenvalue weighted by molar-refractivity contribution is 5.92. The van der Waals surface area contributed by atoms with Crippen LogP contribution in [0.5, 0.6) is 0 Å². The van der Waals surface area contributed by atoms with Gasteiger partial charge in [-0.25, -0.2) is 4.79 Å². The van der Waals surface area contributed by atoms with E-state index in [-0.39, 0.29) is 25.4 Å². The molecule has 0 spiro atoms. The Morgan fingerprint density at radius 3 is 2.71 bits per heavy atom. The van der Waals surface area contributed by atoms with E-state index in [4.69, 9.17) is 5.11 Å². The first kappa shape index (κ1) is 12.9. The van der Waals surface area contributed by atoms with Gasteiger partial charge < -0.3 is 15.0 Å². The standard InChI is InChI=1S/C10H13N3O4/c1-2-3-13(4-5-14)9(16)7-6-8(15)12-10(17)11-7/h2,6,14H,1,3-5H2,(H2,11,12,15,17). The molecule has 7 nitrogen and oxygen atoms in total. The molecule has 0 saturated carbocycles. The van der Waals surface area contributed by atoms with Gasteiger partial charge in [0, 0.05) is 19.2 Å². The summed E-state index contributed by atoms with van der Waals surface area (Å²) in [5.74, 6) is -0.540. The molecule has 0 bridgehead atoms. The van der Waals surface area contributed by atoms with Crippen molar-refractivity contribution in [3.05, 3.63) is 45.3 Å². The van der Waals surface area contributed by atoms with Gasteiger partial charge in [0.1, 0.15) is 5.69 Å². The zero-order valence-corrected chi connectivity index (χ0v) is 9.10. The van der Waals surface area contributed by atoms with Crippen LogP contribution < -0.4 is 11.2 Å². The minimum Gasteiger partial charge on any atom is -0.395 e. The Kier molecular flexibility index (Phi) is 4.41. The van der Waals surface area contributed by atoms with Gasteiger partial charge in [-0.1, -0.05) is 6.08 Å². The van der Waals surface area contributed by atoms with E-state index < -0.39 is 17.2 Å². The molecule has 0 aliphatic heterocycles. The highest BCUT2D eigenvalue weighted by atomic mass is 16.3. The molecule has 1 amide bonds. The number of hydrogen-bond acceptors (Lipinski definition) is 4. The molecule has 0 saturated heterocycles. The molecule has 92 valence electrons. The monoisotopic (exact) mass is 239 g/mol. The fourth-order valence-corrected chi connectivity index (χ4v) is 1.31. The molecule has 0 atom stereocenters. The molecule has 1 aromatic rings. The van der Waals surface area contributed by atoms with Crippen molar-refractivity contribution in [2.45, 2.75) is 0 Å². The van der Waals surface area contributed by atoms with Gasteiger partial charge in [-0.3, -0.25) is 14.6 Å². The summed E-state index contributed by atoms with van der Waals surface area (Å²) in [7, 11) is 0. The van der Waals surface area contributed by atoms with E-state index in [1.807, 2.05) is 4.98 Å². The van der Waals surface area contributed by atoms with Crippen LogP contribution in [0.1, 0.15) is 10.5 Å². The average molecular weight is 239 g/mol. The van der Waals surface area contributed by atoms with E-state index in [9.17, 15) is 14.4 Å². The number of carbonyl (C=O) groups excluding carboxylic acids is 1. The van der Waals surface area contributed by atoms with Crippen LogP contribution in [0.25, 0.3) is 0 Å².